The molecular weight excluding hydrogens is 268 g/mol. The number of likely N-dealkylation sites (N-methyl/N-ethyl adjacent to an activating group) is 1. The summed E-state index contributed by atoms with van der Waals surface area (Å²) in [6, 6.07) is 0.592. The standard InChI is InChI=1S/C15H22N4S/c1-3-19(8-12-6-4-5-7-16-12)15-14-13(17-10-18-15)11(2)9-20-14/h9-10,12,16H,3-8H2,1-2H3. The number of rotatable bonds is 4. The van der Waals surface area contributed by atoms with Gasteiger partial charge in [0, 0.05) is 19.1 Å². The molecule has 5 heteroatoms. The molecule has 1 saturated heterocycles. The van der Waals surface area contributed by atoms with Crippen molar-refractivity contribution in [1.82, 2.24) is 15.3 Å². The van der Waals surface area contributed by atoms with Crippen molar-refractivity contribution in [3.63, 3.8) is 0 Å². The molecule has 0 aromatic carbocycles. The summed E-state index contributed by atoms with van der Waals surface area (Å²) >= 11 is 1.76. The number of hydrogen-bond acceptors (Lipinski definition) is 5. The molecule has 108 valence electrons. The minimum Gasteiger partial charge on any atom is -0.354 e. The third-order valence-corrected chi connectivity index (χ3v) is 5.13. The molecule has 2 aromatic heterocycles. The highest BCUT2D eigenvalue weighted by atomic mass is 32.1. The van der Waals surface area contributed by atoms with Crippen molar-refractivity contribution in [2.24, 2.45) is 0 Å². The van der Waals surface area contributed by atoms with Gasteiger partial charge in [0.25, 0.3) is 0 Å². The molecule has 0 saturated carbocycles. The highest BCUT2D eigenvalue weighted by Crippen LogP contribution is 2.31. The molecule has 1 N–H and O–H groups in total. The Hall–Kier alpha value is -1.20. The molecule has 4 nitrogen and oxygen atoms in total. The molecule has 1 atom stereocenters. The van der Waals surface area contributed by atoms with Crippen LogP contribution in [-0.4, -0.2) is 35.6 Å². The maximum Gasteiger partial charge on any atom is 0.150 e. The maximum absolute atomic E-state index is 4.55. The van der Waals surface area contributed by atoms with E-state index < -0.39 is 0 Å². The monoisotopic (exact) mass is 290 g/mol. The molecule has 0 radical (unpaired) electrons. The fraction of sp³-hybridized carbons (Fsp3) is 0.600. The van der Waals surface area contributed by atoms with Crippen LogP contribution in [0.15, 0.2) is 11.7 Å². The molecule has 0 amide bonds. The molecule has 3 heterocycles. The second-order valence-corrected chi connectivity index (χ2v) is 6.36. The summed E-state index contributed by atoms with van der Waals surface area (Å²) in [7, 11) is 0. The second kappa shape index (κ2) is 6.06. The fourth-order valence-corrected chi connectivity index (χ4v) is 3.91. The van der Waals surface area contributed by atoms with Crippen LogP contribution < -0.4 is 10.2 Å². The molecule has 1 fully saturated rings. The summed E-state index contributed by atoms with van der Waals surface area (Å²) in [6.45, 7) is 7.51. The predicted molar refractivity (Wildman–Crippen MR) is 85.7 cm³/mol. The van der Waals surface area contributed by atoms with Gasteiger partial charge < -0.3 is 10.2 Å². The van der Waals surface area contributed by atoms with Gasteiger partial charge in [-0.2, -0.15) is 0 Å². The molecule has 0 bridgehead atoms. The lowest BCUT2D eigenvalue weighted by atomic mass is 10.0. The summed E-state index contributed by atoms with van der Waals surface area (Å²) in [5.41, 5.74) is 2.36. The second-order valence-electron chi connectivity index (χ2n) is 5.48. The van der Waals surface area contributed by atoms with Crippen molar-refractivity contribution in [3.05, 3.63) is 17.3 Å². The minimum absolute atomic E-state index is 0.592. The Kier molecular flexibility index (Phi) is 4.17. The molecule has 0 spiro atoms. The van der Waals surface area contributed by atoms with Crippen molar-refractivity contribution in [1.29, 1.82) is 0 Å². The van der Waals surface area contributed by atoms with Gasteiger partial charge in [0.2, 0.25) is 0 Å². The summed E-state index contributed by atoms with van der Waals surface area (Å²) in [5, 5.41) is 5.80. The van der Waals surface area contributed by atoms with Crippen molar-refractivity contribution in [2.75, 3.05) is 24.5 Å². The molecule has 20 heavy (non-hydrogen) atoms. The summed E-state index contributed by atoms with van der Waals surface area (Å²) in [5.74, 6) is 1.10. The number of nitrogens with zero attached hydrogens (tertiary/aromatic N) is 3. The first-order valence-corrected chi connectivity index (χ1v) is 8.34. The molecular formula is C15H22N4S. The maximum atomic E-state index is 4.55. The largest absolute Gasteiger partial charge is 0.354 e. The summed E-state index contributed by atoms with van der Waals surface area (Å²) in [4.78, 5) is 11.4. The van der Waals surface area contributed by atoms with E-state index in [2.05, 4.69) is 39.4 Å². The number of piperidine rings is 1. The number of aromatic nitrogens is 2. The number of fused-ring (bicyclic) bond motifs is 1. The first-order chi connectivity index (χ1) is 9.79. The van der Waals surface area contributed by atoms with Gasteiger partial charge >= 0.3 is 0 Å². The van der Waals surface area contributed by atoms with E-state index in [0.717, 1.165) is 31.0 Å². The smallest absolute Gasteiger partial charge is 0.150 e. The first kappa shape index (κ1) is 13.8. The Morgan fingerprint density at radius 1 is 1.40 bits per heavy atom. The van der Waals surface area contributed by atoms with Crippen molar-refractivity contribution in [3.8, 4) is 0 Å². The SMILES string of the molecule is CCN(CC1CCCCN1)c1ncnc2c(C)csc12. The Labute approximate surface area is 124 Å². The third-order valence-electron chi connectivity index (χ3n) is 4.05. The van der Waals surface area contributed by atoms with Crippen LogP contribution in [0.3, 0.4) is 0 Å². The summed E-state index contributed by atoms with van der Waals surface area (Å²) < 4.78 is 1.22. The molecule has 1 aliphatic rings. The Morgan fingerprint density at radius 2 is 2.30 bits per heavy atom. The van der Waals surface area contributed by atoms with E-state index in [0.29, 0.717) is 6.04 Å². The van der Waals surface area contributed by atoms with Gasteiger partial charge in [0.05, 0.1) is 10.2 Å². The first-order valence-electron chi connectivity index (χ1n) is 7.46. The lowest BCUT2D eigenvalue weighted by Crippen LogP contribution is -2.44. The van der Waals surface area contributed by atoms with Crippen LogP contribution in [0.4, 0.5) is 5.82 Å². The van der Waals surface area contributed by atoms with Crippen molar-refractivity contribution >= 4 is 27.4 Å². The van der Waals surface area contributed by atoms with Gasteiger partial charge in [-0.1, -0.05) is 6.42 Å². The minimum atomic E-state index is 0.592. The van der Waals surface area contributed by atoms with Crippen LogP contribution in [0, 0.1) is 6.92 Å². The number of aryl methyl sites for hydroxylation is 1. The van der Waals surface area contributed by atoms with Gasteiger partial charge in [-0.25, -0.2) is 9.97 Å². The van der Waals surface area contributed by atoms with Crippen LogP contribution in [0.25, 0.3) is 10.2 Å². The summed E-state index contributed by atoms with van der Waals surface area (Å²) in [6.07, 6.45) is 5.62. The van der Waals surface area contributed by atoms with Gasteiger partial charge in [0.1, 0.15) is 12.1 Å². The predicted octanol–water partition coefficient (Wildman–Crippen LogP) is 2.97. The highest BCUT2D eigenvalue weighted by molar-refractivity contribution is 7.18. The zero-order valence-corrected chi connectivity index (χ0v) is 13.0. The lowest BCUT2D eigenvalue weighted by Gasteiger charge is -2.30. The van der Waals surface area contributed by atoms with Gasteiger partial charge in [-0.15, -0.1) is 11.3 Å². The number of nitrogens with one attached hydrogen (secondary N) is 1. The Bertz CT molecular complexity index is 574. The van der Waals surface area contributed by atoms with E-state index in [1.54, 1.807) is 17.7 Å². The van der Waals surface area contributed by atoms with Crippen LogP contribution in [0.5, 0.6) is 0 Å². The molecule has 1 aliphatic heterocycles. The zero-order chi connectivity index (χ0) is 13.9. The molecule has 3 rings (SSSR count). The van der Waals surface area contributed by atoms with E-state index in [1.165, 1.54) is 29.5 Å². The topological polar surface area (TPSA) is 41.0 Å². The average Bonchev–Trinajstić information content (AvgIpc) is 2.88. The van der Waals surface area contributed by atoms with Crippen LogP contribution in [-0.2, 0) is 0 Å². The van der Waals surface area contributed by atoms with E-state index >= 15 is 0 Å². The van der Waals surface area contributed by atoms with Crippen LogP contribution in [0.1, 0.15) is 31.7 Å². The van der Waals surface area contributed by atoms with Crippen LogP contribution in [0.2, 0.25) is 0 Å². The van der Waals surface area contributed by atoms with Gasteiger partial charge in [-0.3, -0.25) is 0 Å². The van der Waals surface area contributed by atoms with Crippen LogP contribution >= 0.6 is 11.3 Å². The van der Waals surface area contributed by atoms with Crippen molar-refractivity contribution < 1.29 is 0 Å². The van der Waals surface area contributed by atoms with E-state index in [4.69, 9.17) is 0 Å². The highest BCUT2D eigenvalue weighted by Gasteiger charge is 2.19. The lowest BCUT2D eigenvalue weighted by molar-refractivity contribution is 0.400. The zero-order valence-electron chi connectivity index (χ0n) is 12.2. The van der Waals surface area contributed by atoms with E-state index in [-0.39, 0.29) is 0 Å². The Morgan fingerprint density at radius 3 is 3.05 bits per heavy atom. The average molecular weight is 290 g/mol. The number of thiophene rings is 1. The molecule has 0 aliphatic carbocycles. The normalized spacial score (nSPS) is 19.4. The Balaban J connectivity index is 1.86. The molecule has 1 unspecified atom stereocenters. The fourth-order valence-electron chi connectivity index (χ4n) is 2.89. The van der Waals surface area contributed by atoms with Gasteiger partial charge in [-0.05, 0) is 44.2 Å². The molecule has 2 aromatic rings. The van der Waals surface area contributed by atoms with Gasteiger partial charge in [0.15, 0.2) is 0 Å². The number of anilines is 1. The third kappa shape index (κ3) is 2.65. The number of hydrogen-bond donors (Lipinski definition) is 1. The van der Waals surface area contributed by atoms with E-state index in [1.807, 2.05) is 0 Å². The van der Waals surface area contributed by atoms with E-state index in [9.17, 15) is 0 Å². The quantitative estimate of drug-likeness (QED) is 0.940. The van der Waals surface area contributed by atoms with Crippen molar-refractivity contribution in [2.45, 2.75) is 39.2 Å².